The first-order valence-electron chi connectivity index (χ1n) is 4.12. The zero-order chi connectivity index (χ0) is 9.68. The number of benzene rings is 1. The van der Waals surface area contributed by atoms with E-state index in [1.54, 1.807) is 0 Å². The summed E-state index contributed by atoms with van der Waals surface area (Å²) in [6.45, 7) is 2.57. The number of carbonyl (C=O) groups excluding carboxylic acids is 1. The molecular formula is C10H12BrO2+. The first-order chi connectivity index (χ1) is 6.27. The predicted molar refractivity (Wildman–Crippen MR) is 57.4 cm³/mol. The van der Waals surface area contributed by atoms with Gasteiger partial charge in [-0.2, -0.15) is 0 Å². The van der Waals surface area contributed by atoms with Crippen LogP contribution in [0.25, 0.3) is 0 Å². The Morgan fingerprint density at radius 3 is 2.92 bits per heavy atom. The number of rotatable bonds is 4. The quantitative estimate of drug-likeness (QED) is 0.454. The first-order valence-corrected chi connectivity index (χ1v) is 5.24. The lowest BCUT2D eigenvalue weighted by atomic mass is 10.1. The summed E-state index contributed by atoms with van der Waals surface area (Å²) in [5, 5.41) is 0.461. The van der Waals surface area contributed by atoms with Crippen molar-refractivity contribution in [3.05, 3.63) is 29.8 Å². The molecule has 0 amide bonds. The van der Waals surface area contributed by atoms with Crippen molar-refractivity contribution in [3.8, 4) is 5.75 Å². The molecule has 1 rings (SSSR count). The van der Waals surface area contributed by atoms with Crippen LogP contribution in [0.5, 0.6) is 5.75 Å². The van der Waals surface area contributed by atoms with Gasteiger partial charge in [-0.05, 0) is 25.1 Å². The molecule has 0 saturated heterocycles. The average Bonchev–Trinajstić information content (AvgIpc) is 2.18. The molecule has 0 aromatic heterocycles. The molecule has 70 valence electrons. The van der Waals surface area contributed by atoms with Gasteiger partial charge in [-0.15, -0.1) is 0 Å². The molecule has 0 radical (unpaired) electrons. The number of ether oxygens (including phenoxy) is 1. The highest BCUT2D eigenvalue weighted by molar-refractivity contribution is 9.09. The minimum Gasteiger partial charge on any atom is -0.494 e. The molecule has 0 spiro atoms. The third kappa shape index (κ3) is 2.84. The van der Waals surface area contributed by atoms with Gasteiger partial charge in [-0.1, -0.05) is 22.0 Å². The third-order valence-corrected chi connectivity index (χ3v) is 2.14. The van der Waals surface area contributed by atoms with Gasteiger partial charge in [0, 0.05) is 0 Å². The molecule has 0 aliphatic rings. The van der Waals surface area contributed by atoms with Crippen molar-refractivity contribution in [1.82, 2.24) is 0 Å². The minimum absolute atomic E-state index is 0.321. The molecular weight excluding hydrogens is 232 g/mol. The largest absolute Gasteiger partial charge is 0.494 e. The molecule has 0 aliphatic heterocycles. The molecule has 0 heterocycles. The van der Waals surface area contributed by atoms with Crippen molar-refractivity contribution in [2.24, 2.45) is 0 Å². The summed E-state index contributed by atoms with van der Waals surface area (Å²) in [5.41, 5.74) is 0.794. The van der Waals surface area contributed by atoms with Crippen molar-refractivity contribution in [2.45, 2.75) is 6.92 Å². The maximum atomic E-state index is 9.44. The van der Waals surface area contributed by atoms with Gasteiger partial charge in [0.1, 0.15) is 11.1 Å². The Morgan fingerprint density at radius 1 is 1.54 bits per heavy atom. The van der Waals surface area contributed by atoms with Crippen LogP contribution in [0.1, 0.15) is 12.5 Å². The number of hydrogen-bond acceptors (Lipinski definition) is 1. The fraction of sp³-hybridized carbons (Fsp3) is 0.300. The SMILES string of the molecule is CCOc1cccc(C(=[OH+])CBr)c1. The topological polar surface area (TPSA) is 30.6 Å². The summed E-state index contributed by atoms with van der Waals surface area (Å²) < 4.78 is 5.30. The normalized spacial score (nSPS) is 9.69. The van der Waals surface area contributed by atoms with Crippen LogP contribution in [0.3, 0.4) is 0 Å². The fourth-order valence-corrected chi connectivity index (χ4v) is 1.33. The summed E-state index contributed by atoms with van der Waals surface area (Å²) in [5.74, 6) is 1.11. The summed E-state index contributed by atoms with van der Waals surface area (Å²) in [4.78, 5) is 9.44. The molecule has 1 aromatic rings. The van der Waals surface area contributed by atoms with Crippen LogP contribution in [0.2, 0.25) is 0 Å². The van der Waals surface area contributed by atoms with Crippen LogP contribution >= 0.6 is 15.9 Å². The Labute approximate surface area is 86.0 Å². The van der Waals surface area contributed by atoms with Gasteiger partial charge in [0.2, 0.25) is 0 Å². The van der Waals surface area contributed by atoms with E-state index in [1.807, 2.05) is 31.2 Å². The number of halogens is 1. The van der Waals surface area contributed by atoms with E-state index in [9.17, 15) is 4.79 Å². The molecule has 3 heteroatoms. The van der Waals surface area contributed by atoms with E-state index in [0.29, 0.717) is 17.7 Å². The molecule has 0 aliphatic carbocycles. The number of hydrogen-bond donors (Lipinski definition) is 0. The Balaban J connectivity index is 2.85. The lowest BCUT2D eigenvalue weighted by Crippen LogP contribution is -2.02. The monoisotopic (exact) mass is 243 g/mol. The van der Waals surface area contributed by atoms with Crippen molar-refractivity contribution in [1.29, 1.82) is 0 Å². The van der Waals surface area contributed by atoms with Crippen LogP contribution in [-0.4, -0.2) is 22.5 Å². The zero-order valence-corrected chi connectivity index (χ0v) is 9.04. The van der Waals surface area contributed by atoms with Gasteiger partial charge in [0.05, 0.1) is 12.2 Å². The van der Waals surface area contributed by atoms with Gasteiger partial charge in [-0.3, -0.25) is 4.79 Å². The van der Waals surface area contributed by atoms with Gasteiger partial charge in [0.15, 0.2) is 0 Å². The summed E-state index contributed by atoms with van der Waals surface area (Å²) in [6.07, 6.45) is 0. The van der Waals surface area contributed by atoms with E-state index in [-0.39, 0.29) is 0 Å². The van der Waals surface area contributed by atoms with E-state index in [1.165, 1.54) is 0 Å². The minimum atomic E-state index is 0.321. The maximum Gasteiger partial charge on any atom is 0.334 e. The molecule has 0 bridgehead atoms. The van der Waals surface area contributed by atoms with E-state index < -0.39 is 0 Å². The molecule has 1 N–H and O–H groups in total. The molecule has 2 nitrogen and oxygen atoms in total. The van der Waals surface area contributed by atoms with Crippen LogP contribution in [-0.2, 0) is 0 Å². The lowest BCUT2D eigenvalue weighted by Gasteiger charge is -2.02. The van der Waals surface area contributed by atoms with Gasteiger partial charge in [0.25, 0.3) is 0 Å². The van der Waals surface area contributed by atoms with Crippen molar-refractivity contribution >= 4 is 21.7 Å². The highest BCUT2D eigenvalue weighted by Crippen LogP contribution is 2.13. The van der Waals surface area contributed by atoms with Crippen molar-refractivity contribution in [2.75, 3.05) is 11.9 Å². The molecule has 0 fully saturated rings. The summed E-state index contributed by atoms with van der Waals surface area (Å²) in [6, 6.07) is 7.40. The highest BCUT2D eigenvalue weighted by atomic mass is 79.9. The van der Waals surface area contributed by atoms with Gasteiger partial charge < -0.3 is 4.74 Å². The molecule has 0 unspecified atom stereocenters. The molecule has 0 atom stereocenters. The molecule has 0 saturated carbocycles. The molecule has 1 aromatic carbocycles. The highest BCUT2D eigenvalue weighted by Gasteiger charge is 2.10. The van der Waals surface area contributed by atoms with Crippen LogP contribution in [0, 0.1) is 0 Å². The zero-order valence-electron chi connectivity index (χ0n) is 7.46. The second-order valence-electron chi connectivity index (χ2n) is 2.54. The second-order valence-corrected chi connectivity index (χ2v) is 3.10. The predicted octanol–water partition coefficient (Wildman–Crippen LogP) is 2.37. The number of ketones is 1. The Kier molecular flexibility index (Phi) is 3.96. The number of alkyl halides is 1. The summed E-state index contributed by atoms with van der Waals surface area (Å²) in [7, 11) is 0. The lowest BCUT2D eigenvalue weighted by molar-refractivity contribution is 0.340. The fourth-order valence-electron chi connectivity index (χ4n) is 1.01. The van der Waals surface area contributed by atoms with E-state index in [0.717, 1.165) is 11.3 Å². The average molecular weight is 244 g/mol. The van der Waals surface area contributed by atoms with Crippen LogP contribution in [0.15, 0.2) is 24.3 Å². The van der Waals surface area contributed by atoms with Crippen LogP contribution < -0.4 is 4.74 Å². The van der Waals surface area contributed by atoms with E-state index in [4.69, 9.17) is 4.74 Å². The third-order valence-electron chi connectivity index (χ3n) is 1.60. The van der Waals surface area contributed by atoms with E-state index >= 15 is 0 Å². The second kappa shape index (κ2) is 5.02. The Hall–Kier alpha value is -0.830. The maximum absolute atomic E-state index is 9.44. The molecule has 13 heavy (non-hydrogen) atoms. The first kappa shape index (κ1) is 10.3. The smallest absolute Gasteiger partial charge is 0.334 e. The Bertz CT molecular complexity index is 297. The standard InChI is InChI=1S/C10H11BrO2/c1-2-13-9-5-3-4-8(6-9)10(12)7-11/h3-6H,2,7H2,1H3/p+1. The van der Waals surface area contributed by atoms with Gasteiger partial charge in [-0.25, -0.2) is 0 Å². The van der Waals surface area contributed by atoms with Crippen molar-refractivity contribution in [3.63, 3.8) is 0 Å². The van der Waals surface area contributed by atoms with E-state index in [2.05, 4.69) is 15.9 Å². The van der Waals surface area contributed by atoms with Gasteiger partial charge >= 0.3 is 5.78 Å². The Morgan fingerprint density at radius 2 is 2.31 bits per heavy atom. The summed E-state index contributed by atoms with van der Waals surface area (Å²) >= 11 is 3.19. The van der Waals surface area contributed by atoms with Crippen LogP contribution in [0.4, 0.5) is 0 Å². The van der Waals surface area contributed by atoms with Crippen molar-refractivity contribution < 1.29 is 9.53 Å².